The number of carboxylic acid groups (broad SMARTS) is 1. The molecule has 1 saturated carbocycles. The van der Waals surface area contributed by atoms with Crippen molar-refractivity contribution >= 4 is 33.2 Å². The van der Waals surface area contributed by atoms with E-state index in [1.54, 1.807) is 0 Å². The van der Waals surface area contributed by atoms with E-state index in [0.29, 0.717) is 0 Å². The summed E-state index contributed by atoms with van der Waals surface area (Å²) in [4.78, 5) is 25.7. The maximum absolute atomic E-state index is 11.9. The molecular formula is C10H13N3O5S2. The summed E-state index contributed by atoms with van der Waals surface area (Å²) in [5.41, 5.74) is 0.664. The number of aromatic nitrogens is 1. The van der Waals surface area contributed by atoms with Crippen molar-refractivity contribution in [1.82, 2.24) is 15.0 Å². The predicted molar refractivity (Wildman–Crippen MR) is 70.0 cm³/mol. The summed E-state index contributed by atoms with van der Waals surface area (Å²) in [5.74, 6) is -1.41. The van der Waals surface area contributed by atoms with Gasteiger partial charge in [0.05, 0.1) is 5.51 Å². The smallest absolute Gasteiger partial charge is 0.356 e. The van der Waals surface area contributed by atoms with Crippen LogP contribution in [0.3, 0.4) is 0 Å². The SMILES string of the molecule is O=C(O)c1ncsc1S(=O)(=O)NCCNC(=O)C1CC1. The predicted octanol–water partition coefficient (Wildman–Crippen LogP) is -0.354. The van der Waals surface area contributed by atoms with Crippen molar-refractivity contribution in [3.05, 3.63) is 11.2 Å². The topological polar surface area (TPSA) is 125 Å². The Morgan fingerprint density at radius 1 is 1.40 bits per heavy atom. The summed E-state index contributed by atoms with van der Waals surface area (Å²) in [6.45, 7) is 0.160. The van der Waals surface area contributed by atoms with Crippen molar-refractivity contribution in [2.45, 2.75) is 17.1 Å². The molecule has 0 bridgehead atoms. The Morgan fingerprint density at radius 3 is 2.70 bits per heavy atom. The zero-order chi connectivity index (χ0) is 14.8. The summed E-state index contributed by atoms with van der Waals surface area (Å²) in [5, 5.41) is 11.4. The molecule has 1 aliphatic carbocycles. The van der Waals surface area contributed by atoms with Crippen molar-refractivity contribution in [2.75, 3.05) is 13.1 Å². The second-order valence-corrected chi connectivity index (χ2v) is 7.07. The number of aromatic carboxylic acids is 1. The minimum atomic E-state index is -3.92. The van der Waals surface area contributed by atoms with Crippen LogP contribution in [0.25, 0.3) is 0 Å². The number of nitrogens with one attached hydrogen (secondary N) is 2. The molecule has 1 aromatic rings. The number of hydrogen-bond acceptors (Lipinski definition) is 6. The number of amides is 1. The van der Waals surface area contributed by atoms with Gasteiger partial charge in [-0.2, -0.15) is 0 Å². The Kier molecular flexibility index (Phi) is 4.35. The highest BCUT2D eigenvalue weighted by molar-refractivity contribution is 7.91. The van der Waals surface area contributed by atoms with Crippen molar-refractivity contribution < 1.29 is 23.1 Å². The lowest BCUT2D eigenvalue weighted by molar-refractivity contribution is -0.122. The highest BCUT2D eigenvalue weighted by Gasteiger charge is 2.29. The summed E-state index contributed by atoms with van der Waals surface area (Å²) in [7, 11) is -3.92. The molecule has 8 nitrogen and oxygen atoms in total. The van der Waals surface area contributed by atoms with E-state index in [0.717, 1.165) is 29.7 Å². The fourth-order valence-electron chi connectivity index (χ4n) is 1.50. The fraction of sp³-hybridized carbons (Fsp3) is 0.500. The molecule has 0 saturated heterocycles. The lowest BCUT2D eigenvalue weighted by Gasteiger charge is -2.06. The molecule has 0 atom stereocenters. The minimum absolute atomic E-state index is 0.00223. The van der Waals surface area contributed by atoms with Crippen LogP contribution in [0, 0.1) is 5.92 Å². The van der Waals surface area contributed by atoms with Crippen LogP contribution < -0.4 is 10.0 Å². The van der Waals surface area contributed by atoms with Crippen LogP contribution >= 0.6 is 11.3 Å². The molecule has 3 N–H and O–H groups in total. The fourth-order valence-corrected chi connectivity index (χ4v) is 3.71. The van der Waals surface area contributed by atoms with E-state index in [-0.39, 0.29) is 29.1 Å². The van der Waals surface area contributed by atoms with Gasteiger partial charge in [-0.05, 0) is 12.8 Å². The normalized spacial score (nSPS) is 15.0. The number of hydrogen-bond donors (Lipinski definition) is 3. The van der Waals surface area contributed by atoms with Gasteiger partial charge in [-0.1, -0.05) is 0 Å². The third-order valence-electron chi connectivity index (χ3n) is 2.65. The van der Waals surface area contributed by atoms with Gasteiger partial charge in [0.1, 0.15) is 0 Å². The zero-order valence-electron chi connectivity index (χ0n) is 10.3. The summed E-state index contributed by atoms with van der Waals surface area (Å²) in [6.07, 6.45) is 1.75. The minimum Gasteiger partial charge on any atom is -0.476 e. The summed E-state index contributed by atoms with van der Waals surface area (Å²) in [6, 6.07) is 0. The third kappa shape index (κ3) is 3.52. The molecule has 0 aromatic carbocycles. The molecule has 1 aliphatic rings. The van der Waals surface area contributed by atoms with E-state index in [1.165, 1.54) is 0 Å². The highest BCUT2D eigenvalue weighted by Crippen LogP contribution is 2.28. The van der Waals surface area contributed by atoms with Crippen molar-refractivity contribution in [1.29, 1.82) is 0 Å². The molecule has 10 heteroatoms. The standard InChI is InChI=1S/C10H13N3O5S2/c14-8(6-1-2-6)11-3-4-13-20(17,18)10-7(9(15)16)12-5-19-10/h5-6,13H,1-4H2,(H,11,14)(H,15,16). The summed E-state index contributed by atoms with van der Waals surface area (Å²) >= 11 is 0.734. The van der Waals surface area contributed by atoms with Gasteiger partial charge in [-0.3, -0.25) is 4.79 Å². The van der Waals surface area contributed by atoms with Gasteiger partial charge in [-0.25, -0.2) is 22.9 Å². The number of carbonyl (C=O) groups excluding carboxylic acids is 1. The Balaban J connectivity index is 1.88. The molecular weight excluding hydrogens is 306 g/mol. The van der Waals surface area contributed by atoms with Crippen molar-refractivity contribution in [3.8, 4) is 0 Å². The molecule has 0 radical (unpaired) electrons. The van der Waals surface area contributed by atoms with E-state index in [4.69, 9.17) is 5.11 Å². The molecule has 1 amide bonds. The molecule has 110 valence electrons. The van der Waals surface area contributed by atoms with Crippen molar-refractivity contribution in [2.24, 2.45) is 5.92 Å². The largest absolute Gasteiger partial charge is 0.476 e. The molecule has 0 aliphatic heterocycles. The molecule has 1 fully saturated rings. The van der Waals surface area contributed by atoms with E-state index >= 15 is 0 Å². The number of thiazole rings is 1. The van der Waals surface area contributed by atoms with Crippen LogP contribution in [0.5, 0.6) is 0 Å². The lowest BCUT2D eigenvalue weighted by atomic mass is 10.4. The zero-order valence-corrected chi connectivity index (χ0v) is 12.0. The number of carboxylic acids is 1. The van der Waals surface area contributed by atoms with Gasteiger partial charge in [0, 0.05) is 19.0 Å². The van der Waals surface area contributed by atoms with E-state index < -0.39 is 21.7 Å². The van der Waals surface area contributed by atoms with Crippen LogP contribution in [0.1, 0.15) is 23.3 Å². The number of nitrogens with zero attached hydrogens (tertiary/aromatic N) is 1. The van der Waals surface area contributed by atoms with Gasteiger partial charge in [0.25, 0.3) is 10.0 Å². The van der Waals surface area contributed by atoms with Gasteiger partial charge in [0.2, 0.25) is 5.91 Å². The first-order chi connectivity index (χ1) is 9.42. The second kappa shape index (κ2) is 5.85. The lowest BCUT2D eigenvalue weighted by Crippen LogP contribution is -2.35. The van der Waals surface area contributed by atoms with Crippen molar-refractivity contribution in [3.63, 3.8) is 0 Å². The van der Waals surface area contributed by atoms with E-state index in [9.17, 15) is 18.0 Å². The third-order valence-corrected chi connectivity index (χ3v) is 5.48. The Bertz CT molecular complexity index is 621. The highest BCUT2D eigenvalue weighted by atomic mass is 32.2. The Morgan fingerprint density at radius 2 is 2.10 bits per heavy atom. The number of sulfonamides is 1. The van der Waals surface area contributed by atoms with Gasteiger partial charge in [0.15, 0.2) is 9.90 Å². The van der Waals surface area contributed by atoms with Crippen LogP contribution in [-0.2, 0) is 14.8 Å². The van der Waals surface area contributed by atoms with Crippen LogP contribution in [0.4, 0.5) is 0 Å². The first-order valence-electron chi connectivity index (χ1n) is 5.86. The quantitative estimate of drug-likeness (QED) is 0.590. The monoisotopic (exact) mass is 319 g/mol. The first-order valence-corrected chi connectivity index (χ1v) is 8.22. The Hall–Kier alpha value is -1.52. The maximum Gasteiger partial charge on any atom is 0.356 e. The average molecular weight is 319 g/mol. The van der Waals surface area contributed by atoms with E-state index in [2.05, 4.69) is 15.0 Å². The molecule has 20 heavy (non-hydrogen) atoms. The van der Waals surface area contributed by atoms with Gasteiger partial charge in [-0.15, -0.1) is 11.3 Å². The maximum atomic E-state index is 11.9. The molecule has 0 spiro atoms. The van der Waals surface area contributed by atoms with E-state index in [1.807, 2.05) is 0 Å². The molecule has 0 unspecified atom stereocenters. The van der Waals surface area contributed by atoms with Crippen LogP contribution in [0.2, 0.25) is 0 Å². The Labute approximate surface area is 119 Å². The number of rotatable bonds is 7. The average Bonchev–Trinajstić information content (AvgIpc) is 3.10. The summed E-state index contributed by atoms with van der Waals surface area (Å²) < 4.78 is 25.7. The van der Waals surface area contributed by atoms with Crippen LogP contribution in [-0.4, -0.2) is 43.5 Å². The molecule has 1 heterocycles. The van der Waals surface area contributed by atoms with Gasteiger partial charge >= 0.3 is 5.97 Å². The first kappa shape index (κ1) is 14.9. The van der Waals surface area contributed by atoms with Crippen LogP contribution in [0.15, 0.2) is 9.72 Å². The number of carbonyl (C=O) groups is 2. The second-order valence-electron chi connectivity index (χ2n) is 4.26. The van der Waals surface area contributed by atoms with Gasteiger partial charge < -0.3 is 10.4 Å². The molecule has 1 aromatic heterocycles. The molecule has 2 rings (SSSR count).